The molecule has 0 amide bonds. The number of hydrogen-bond acceptors (Lipinski definition) is 5. The van der Waals surface area contributed by atoms with E-state index in [0.29, 0.717) is 5.69 Å². The van der Waals surface area contributed by atoms with E-state index in [-0.39, 0.29) is 0 Å². The molecule has 0 aromatic carbocycles. The molecule has 0 atom stereocenters. The molecule has 0 unspecified atom stereocenters. The fourth-order valence-corrected chi connectivity index (χ4v) is 0.546. The highest BCUT2D eigenvalue weighted by atomic mass is 32.2. The van der Waals surface area contributed by atoms with Gasteiger partial charge in [-0.05, 0) is 0 Å². The number of alkyl halides is 3. The van der Waals surface area contributed by atoms with E-state index in [4.69, 9.17) is 18.2 Å². The molecule has 0 fully saturated rings. The van der Waals surface area contributed by atoms with E-state index in [1.807, 2.05) is 13.1 Å². The Bertz CT molecular complexity index is 521. The highest BCUT2D eigenvalue weighted by Crippen LogP contribution is 2.20. The molecule has 17 heavy (non-hydrogen) atoms. The van der Waals surface area contributed by atoms with Crippen LogP contribution in [0, 0.1) is 11.3 Å². The molecule has 0 saturated carbocycles. The molecule has 6 nitrogen and oxygen atoms in total. The smallest absolute Gasteiger partial charge is 0.485 e. The third-order valence-electron chi connectivity index (χ3n) is 1.24. The quantitative estimate of drug-likeness (QED) is 0.370. The van der Waals surface area contributed by atoms with Gasteiger partial charge in [-0.15, -0.1) is 0 Å². The molecular weight excluding hydrogens is 263 g/mol. The van der Waals surface area contributed by atoms with Gasteiger partial charge < -0.3 is 4.55 Å². The van der Waals surface area contributed by atoms with Crippen LogP contribution in [0.4, 0.5) is 13.2 Å². The largest absolute Gasteiger partial charge is 0.741 e. The molecule has 0 spiro atoms. The molecular formula is C7H6F3N3O3S. The molecule has 0 bridgehead atoms. The predicted octanol–water partition coefficient (Wildman–Crippen LogP) is -0.171. The van der Waals surface area contributed by atoms with Crippen molar-refractivity contribution in [3.8, 4) is 6.07 Å². The van der Waals surface area contributed by atoms with Crippen LogP contribution in [0.1, 0.15) is 5.69 Å². The Balaban J connectivity index is 0.000000304. The number of nitrogens with zero attached hydrogens (tertiary/aromatic N) is 3. The Labute approximate surface area is 94.7 Å². The van der Waals surface area contributed by atoms with Crippen LogP contribution in [0.2, 0.25) is 0 Å². The van der Waals surface area contributed by atoms with Gasteiger partial charge in [0.2, 0.25) is 11.9 Å². The Morgan fingerprint density at radius 1 is 1.53 bits per heavy atom. The van der Waals surface area contributed by atoms with Gasteiger partial charge in [-0.25, -0.2) is 18.0 Å². The fraction of sp³-hybridized carbons (Fsp3) is 0.286. The van der Waals surface area contributed by atoms with Crippen LogP contribution in [0.3, 0.4) is 0 Å². The van der Waals surface area contributed by atoms with Crippen LogP contribution >= 0.6 is 0 Å². The maximum absolute atomic E-state index is 10.7. The minimum Gasteiger partial charge on any atom is -0.741 e. The zero-order chi connectivity index (χ0) is 13.7. The minimum atomic E-state index is -6.09. The van der Waals surface area contributed by atoms with Crippen LogP contribution in [-0.4, -0.2) is 23.5 Å². The van der Waals surface area contributed by atoms with Crippen LogP contribution in [-0.2, 0) is 17.2 Å². The summed E-state index contributed by atoms with van der Waals surface area (Å²) in [6.07, 6.45) is 5.04. The molecule has 0 radical (unpaired) electrons. The van der Waals surface area contributed by atoms with E-state index < -0.39 is 15.6 Å². The van der Waals surface area contributed by atoms with E-state index in [1.165, 1.54) is 0 Å². The zero-order valence-electron chi connectivity index (χ0n) is 8.34. The number of aromatic nitrogens is 2. The second kappa shape index (κ2) is 5.55. The number of aryl methyl sites for hydroxylation is 1. The van der Waals surface area contributed by atoms with Gasteiger partial charge in [0.1, 0.15) is 13.1 Å². The van der Waals surface area contributed by atoms with Gasteiger partial charge >= 0.3 is 5.51 Å². The summed E-state index contributed by atoms with van der Waals surface area (Å²) in [6, 6.07) is 1.94. The molecule has 1 aromatic rings. The van der Waals surface area contributed by atoms with Crippen LogP contribution in [0.15, 0.2) is 18.6 Å². The van der Waals surface area contributed by atoms with Gasteiger partial charge in [0, 0.05) is 0 Å². The van der Waals surface area contributed by atoms with Crippen LogP contribution in [0.25, 0.3) is 0 Å². The first kappa shape index (κ1) is 15.3. The van der Waals surface area contributed by atoms with E-state index in [9.17, 15) is 13.2 Å². The third kappa shape index (κ3) is 5.79. The maximum Gasteiger partial charge on any atom is 0.485 e. The molecule has 0 aliphatic carbocycles. The van der Waals surface area contributed by atoms with E-state index in [2.05, 4.69) is 4.98 Å². The van der Waals surface area contributed by atoms with Crippen molar-refractivity contribution in [2.75, 3.05) is 0 Å². The highest BCUT2D eigenvalue weighted by molar-refractivity contribution is 7.86. The van der Waals surface area contributed by atoms with Gasteiger partial charge in [-0.1, -0.05) is 0 Å². The number of hydrogen-bond donors (Lipinski definition) is 0. The second-order valence-corrected chi connectivity index (χ2v) is 3.99. The monoisotopic (exact) mass is 269 g/mol. The second-order valence-electron chi connectivity index (χ2n) is 2.62. The van der Waals surface area contributed by atoms with Crippen molar-refractivity contribution in [3.63, 3.8) is 0 Å². The first-order valence-electron chi connectivity index (χ1n) is 3.81. The minimum absolute atomic E-state index is 0.444. The van der Waals surface area contributed by atoms with E-state index >= 15 is 0 Å². The molecule has 1 rings (SSSR count). The highest BCUT2D eigenvalue weighted by Gasteiger charge is 2.36. The summed E-state index contributed by atoms with van der Waals surface area (Å²) in [4.78, 5) is 3.78. The van der Waals surface area contributed by atoms with Crippen molar-refractivity contribution >= 4 is 10.1 Å². The molecule has 0 aliphatic rings. The SMILES string of the molecule is C[n+]1ccnc(C#N)c1.O=S(=O)([O-])C(F)(F)F. The summed E-state index contributed by atoms with van der Waals surface area (Å²) < 4.78 is 60.7. The average Bonchev–Trinajstić information content (AvgIpc) is 2.15. The van der Waals surface area contributed by atoms with Gasteiger partial charge in [0.25, 0.3) is 0 Å². The standard InChI is InChI=1S/C6H6N3.CHF3O3S/c1-9-3-2-8-6(4-7)5-9;2-1(3,4)8(5,6)7/h2-3,5H,1H3;(H,5,6,7)/q+1;/p-1. The van der Waals surface area contributed by atoms with Crippen molar-refractivity contribution < 1.29 is 30.7 Å². The van der Waals surface area contributed by atoms with Gasteiger partial charge in [0.05, 0.1) is 6.20 Å². The molecule has 1 aromatic heterocycles. The number of rotatable bonds is 0. The Kier molecular flexibility index (Phi) is 4.99. The van der Waals surface area contributed by atoms with Crippen LogP contribution in [0.5, 0.6) is 0 Å². The normalized spacial score (nSPS) is 11.1. The molecule has 0 saturated heterocycles. The maximum atomic E-state index is 10.7. The van der Waals surface area contributed by atoms with Crippen molar-refractivity contribution in [2.45, 2.75) is 5.51 Å². The van der Waals surface area contributed by atoms with Crippen molar-refractivity contribution in [1.29, 1.82) is 5.26 Å². The Hall–Kier alpha value is -1.73. The Morgan fingerprint density at radius 3 is 2.24 bits per heavy atom. The summed E-state index contributed by atoms with van der Waals surface area (Å²) in [5.41, 5.74) is -5.20. The summed E-state index contributed by atoms with van der Waals surface area (Å²) in [7, 11) is -4.24. The molecule has 0 N–H and O–H groups in total. The number of halogens is 3. The van der Waals surface area contributed by atoms with Crippen molar-refractivity contribution in [2.24, 2.45) is 7.05 Å². The summed E-state index contributed by atoms with van der Waals surface area (Å²) in [5, 5.41) is 8.34. The van der Waals surface area contributed by atoms with E-state index in [1.54, 1.807) is 23.2 Å². The Morgan fingerprint density at radius 2 is 2.00 bits per heavy atom. The van der Waals surface area contributed by atoms with Crippen LogP contribution < -0.4 is 4.57 Å². The molecule has 94 valence electrons. The average molecular weight is 269 g/mol. The lowest BCUT2D eigenvalue weighted by Crippen LogP contribution is -2.27. The summed E-state index contributed by atoms with van der Waals surface area (Å²) in [6.45, 7) is 0. The first-order valence-corrected chi connectivity index (χ1v) is 5.22. The fourth-order valence-electron chi connectivity index (χ4n) is 0.546. The third-order valence-corrected chi connectivity index (χ3v) is 1.81. The topological polar surface area (TPSA) is 97.8 Å². The molecule has 10 heteroatoms. The molecule has 0 aliphatic heterocycles. The lowest BCUT2D eigenvalue weighted by Gasteiger charge is -2.08. The predicted molar refractivity (Wildman–Crippen MR) is 45.9 cm³/mol. The summed E-state index contributed by atoms with van der Waals surface area (Å²) >= 11 is 0. The molecule has 1 heterocycles. The van der Waals surface area contributed by atoms with Gasteiger partial charge in [-0.3, -0.25) is 0 Å². The lowest BCUT2D eigenvalue weighted by molar-refractivity contribution is -0.672. The lowest BCUT2D eigenvalue weighted by atomic mass is 10.5. The van der Waals surface area contributed by atoms with Gasteiger partial charge in [0.15, 0.2) is 16.3 Å². The number of nitriles is 1. The first-order chi connectivity index (χ1) is 7.58. The zero-order valence-corrected chi connectivity index (χ0v) is 9.16. The summed E-state index contributed by atoms with van der Waals surface area (Å²) in [5.74, 6) is 0. The van der Waals surface area contributed by atoms with Crippen molar-refractivity contribution in [1.82, 2.24) is 4.98 Å². The van der Waals surface area contributed by atoms with Gasteiger partial charge in [-0.2, -0.15) is 18.4 Å². The van der Waals surface area contributed by atoms with Crippen molar-refractivity contribution in [3.05, 3.63) is 24.3 Å². The van der Waals surface area contributed by atoms with E-state index in [0.717, 1.165) is 0 Å².